The molecule has 0 bridgehead atoms. The number of benzene rings is 2. The summed E-state index contributed by atoms with van der Waals surface area (Å²) in [5, 5.41) is 11.6. The van der Waals surface area contributed by atoms with Crippen LogP contribution in [0.3, 0.4) is 0 Å². The summed E-state index contributed by atoms with van der Waals surface area (Å²) in [6.07, 6.45) is 0. The molecule has 2 aromatic carbocycles. The molecule has 0 atom stereocenters. The van der Waals surface area contributed by atoms with Crippen LogP contribution in [0.2, 0.25) is 0 Å². The van der Waals surface area contributed by atoms with E-state index in [9.17, 15) is 14.0 Å². The van der Waals surface area contributed by atoms with E-state index < -0.39 is 18.5 Å². The maximum atomic E-state index is 12.9. The number of para-hydroxylation sites is 1. The highest BCUT2D eigenvalue weighted by molar-refractivity contribution is 5.91. The second kappa shape index (κ2) is 7.21. The molecule has 2 N–H and O–H groups in total. The SMILES string of the molecule is O=C(O)CN(Cc1ccc(F)cc1)C(=O)Nc1ccccc1. The highest BCUT2D eigenvalue weighted by Crippen LogP contribution is 2.10. The van der Waals surface area contributed by atoms with Crippen molar-refractivity contribution < 1.29 is 19.1 Å². The molecule has 5 nitrogen and oxygen atoms in total. The number of carboxylic acids is 1. The minimum atomic E-state index is -1.12. The number of hydrogen-bond acceptors (Lipinski definition) is 2. The van der Waals surface area contributed by atoms with Crippen LogP contribution in [-0.2, 0) is 11.3 Å². The monoisotopic (exact) mass is 302 g/mol. The van der Waals surface area contributed by atoms with E-state index in [1.165, 1.54) is 24.3 Å². The van der Waals surface area contributed by atoms with Crippen LogP contribution in [0.5, 0.6) is 0 Å². The largest absolute Gasteiger partial charge is 0.480 e. The van der Waals surface area contributed by atoms with Gasteiger partial charge in [0.25, 0.3) is 0 Å². The number of anilines is 1. The van der Waals surface area contributed by atoms with Crippen LogP contribution >= 0.6 is 0 Å². The first-order valence-electron chi connectivity index (χ1n) is 6.62. The Morgan fingerprint density at radius 3 is 2.27 bits per heavy atom. The number of rotatable bonds is 5. The molecule has 22 heavy (non-hydrogen) atoms. The lowest BCUT2D eigenvalue weighted by Crippen LogP contribution is -2.38. The summed E-state index contributed by atoms with van der Waals surface area (Å²) in [5.74, 6) is -1.51. The Kier molecular flexibility index (Phi) is 5.08. The summed E-state index contributed by atoms with van der Waals surface area (Å²) >= 11 is 0. The molecule has 0 aromatic heterocycles. The first kappa shape index (κ1) is 15.5. The number of amides is 2. The van der Waals surface area contributed by atoms with Crippen LogP contribution in [0, 0.1) is 5.82 Å². The van der Waals surface area contributed by atoms with Gasteiger partial charge in [-0.1, -0.05) is 30.3 Å². The standard InChI is InChI=1S/C16H15FN2O3/c17-13-8-6-12(7-9-13)10-19(11-15(20)21)16(22)18-14-4-2-1-3-5-14/h1-9H,10-11H2,(H,18,22)(H,20,21). The molecule has 0 saturated carbocycles. The first-order valence-corrected chi connectivity index (χ1v) is 6.62. The van der Waals surface area contributed by atoms with Gasteiger partial charge in [-0.05, 0) is 29.8 Å². The Hall–Kier alpha value is -2.89. The van der Waals surface area contributed by atoms with E-state index in [1.807, 2.05) is 6.07 Å². The fourth-order valence-electron chi connectivity index (χ4n) is 1.90. The Bertz CT molecular complexity index is 644. The summed E-state index contributed by atoms with van der Waals surface area (Å²) < 4.78 is 12.9. The molecule has 2 rings (SSSR count). The molecular weight excluding hydrogens is 287 g/mol. The number of halogens is 1. The summed E-state index contributed by atoms with van der Waals surface area (Å²) in [5.41, 5.74) is 1.22. The number of aliphatic carboxylic acids is 1. The molecule has 0 saturated heterocycles. The summed E-state index contributed by atoms with van der Waals surface area (Å²) in [6.45, 7) is -0.374. The third kappa shape index (κ3) is 4.59. The second-order valence-corrected chi connectivity index (χ2v) is 4.67. The molecule has 0 spiro atoms. The summed E-state index contributed by atoms with van der Waals surface area (Å²) in [6, 6.07) is 13.8. The first-order chi connectivity index (χ1) is 10.5. The predicted octanol–water partition coefficient (Wildman–Crippen LogP) is 2.94. The Morgan fingerprint density at radius 2 is 1.68 bits per heavy atom. The van der Waals surface area contributed by atoms with Crippen molar-refractivity contribution in [1.29, 1.82) is 0 Å². The fourth-order valence-corrected chi connectivity index (χ4v) is 1.90. The van der Waals surface area contributed by atoms with Gasteiger partial charge in [0, 0.05) is 12.2 Å². The number of carbonyl (C=O) groups is 2. The van der Waals surface area contributed by atoms with Gasteiger partial charge in [-0.15, -0.1) is 0 Å². The molecule has 0 unspecified atom stereocenters. The molecule has 0 heterocycles. The number of hydrogen-bond donors (Lipinski definition) is 2. The number of urea groups is 1. The van der Waals surface area contributed by atoms with Gasteiger partial charge in [0.15, 0.2) is 0 Å². The van der Waals surface area contributed by atoms with Gasteiger partial charge in [-0.3, -0.25) is 4.79 Å². The highest BCUT2D eigenvalue weighted by atomic mass is 19.1. The average Bonchev–Trinajstić information content (AvgIpc) is 2.49. The normalized spacial score (nSPS) is 10.0. The van der Waals surface area contributed by atoms with Gasteiger partial charge in [0.05, 0.1) is 0 Å². The van der Waals surface area contributed by atoms with E-state index in [4.69, 9.17) is 5.11 Å². The van der Waals surface area contributed by atoms with E-state index in [0.717, 1.165) is 4.90 Å². The van der Waals surface area contributed by atoms with Gasteiger partial charge < -0.3 is 15.3 Å². The van der Waals surface area contributed by atoms with Crippen molar-refractivity contribution in [3.63, 3.8) is 0 Å². The molecule has 2 amide bonds. The van der Waals surface area contributed by atoms with Crippen LogP contribution in [0.4, 0.5) is 14.9 Å². The van der Waals surface area contributed by atoms with Gasteiger partial charge in [0.2, 0.25) is 0 Å². The third-order valence-corrected chi connectivity index (χ3v) is 2.93. The maximum Gasteiger partial charge on any atom is 0.323 e. The maximum absolute atomic E-state index is 12.9. The van der Waals surface area contributed by atoms with Crippen LogP contribution in [0.15, 0.2) is 54.6 Å². The van der Waals surface area contributed by atoms with Crippen molar-refractivity contribution >= 4 is 17.7 Å². The van der Waals surface area contributed by atoms with Gasteiger partial charge in [0.1, 0.15) is 12.4 Å². The van der Waals surface area contributed by atoms with Crippen molar-refractivity contribution in [2.75, 3.05) is 11.9 Å². The third-order valence-electron chi connectivity index (χ3n) is 2.93. The minimum Gasteiger partial charge on any atom is -0.480 e. The van der Waals surface area contributed by atoms with E-state index in [-0.39, 0.29) is 12.4 Å². The molecular formula is C16H15FN2O3. The quantitative estimate of drug-likeness (QED) is 0.892. The lowest BCUT2D eigenvalue weighted by Gasteiger charge is -2.21. The van der Waals surface area contributed by atoms with Crippen molar-refractivity contribution in [3.8, 4) is 0 Å². The molecule has 0 aliphatic heterocycles. The molecule has 0 radical (unpaired) electrons. The van der Waals surface area contributed by atoms with Crippen LogP contribution in [0.1, 0.15) is 5.56 Å². The topological polar surface area (TPSA) is 69.6 Å². The molecule has 0 fully saturated rings. The van der Waals surface area contributed by atoms with Crippen molar-refractivity contribution in [2.45, 2.75) is 6.54 Å². The molecule has 2 aromatic rings. The number of carbonyl (C=O) groups excluding carboxylic acids is 1. The van der Waals surface area contributed by atoms with Gasteiger partial charge in [-0.25, -0.2) is 9.18 Å². The second-order valence-electron chi connectivity index (χ2n) is 4.67. The summed E-state index contributed by atoms with van der Waals surface area (Å²) in [4.78, 5) is 24.3. The Balaban J connectivity index is 2.09. The predicted molar refractivity (Wildman–Crippen MR) is 79.9 cm³/mol. The van der Waals surface area contributed by atoms with Crippen molar-refractivity contribution in [1.82, 2.24) is 4.90 Å². The van der Waals surface area contributed by atoms with E-state index >= 15 is 0 Å². The minimum absolute atomic E-state index is 0.0746. The lowest BCUT2D eigenvalue weighted by atomic mass is 10.2. The van der Waals surface area contributed by atoms with E-state index in [2.05, 4.69) is 5.32 Å². The Labute approximate surface area is 127 Å². The smallest absolute Gasteiger partial charge is 0.323 e. The fraction of sp³-hybridized carbons (Fsp3) is 0.125. The molecule has 0 aliphatic rings. The zero-order valence-corrected chi connectivity index (χ0v) is 11.7. The lowest BCUT2D eigenvalue weighted by molar-refractivity contribution is -0.137. The molecule has 0 aliphatic carbocycles. The molecule has 6 heteroatoms. The highest BCUT2D eigenvalue weighted by Gasteiger charge is 2.17. The number of nitrogens with one attached hydrogen (secondary N) is 1. The summed E-state index contributed by atoms with van der Waals surface area (Å²) in [7, 11) is 0. The van der Waals surface area contributed by atoms with Crippen LogP contribution < -0.4 is 5.32 Å². The zero-order valence-electron chi connectivity index (χ0n) is 11.7. The van der Waals surface area contributed by atoms with Crippen molar-refractivity contribution in [3.05, 3.63) is 66.0 Å². The van der Waals surface area contributed by atoms with E-state index in [0.29, 0.717) is 11.3 Å². The van der Waals surface area contributed by atoms with Crippen LogP contribution in [0.25, 0.3) is 0 Å². The number of carboxylic acid groups (broad SMARTS) is 1. The zero-order chi connectivity index (χ0) is 15.9. The van der Waals surface area contributed by atoms with Crippen molar-refractivity contribution in [2.24, 2.45) is 0 Å². The molecule has 114 valence electrons. The van der Waals surface area contributed by atoms with Crippen LogP contribution in [-0.4, -0.2) is 28.6 Å². The van der Waals surface area contributed by atoms with Gasteiger partial charge in [-0.2, -0.15) is 0 Å². The number of nitrogens with zero attached hydrogens (tertiary/aromatic N) is 1. The Morgan fingerprint density at radius 1 is 1.05 bits per heavy atom. The van der Waals surface area contributed by atoms with E-state index in [1.54, 1.807) is 24.3 Å². The van der Waals surface area contributed by atoms with Gasteiger partial charge >= 0.3 is 12.0 Å². The average molecular weight is 302 g/mol.